The largest absolute Gasteiger partial charge is 0.343 e. The average Bonchev–Trinajstić information content (AvgIpc) is 2.42. The molecule has 0 amide bonds. The van der Waals surface area contributed by atoms with E-state index in [0.717, 1.165) is 11.4 Å². The minimum absolute atomic E-state index is 0.160. The van der Waals surface area contributed by atoms with Crippen LogP contribution in [0.1, 0.15) is 17.0 Å². The number of halogens is 1. The Morgan fingerprint density at radius 1 is 1.31 bits per heavy atom. The van der Waals surface area contributed by atoms with Crippen molar-refractivity contribution in [3.63, 3.8) is 0 Å². The number of pyridine rings is 1. The maximum absolute atomic E-state index is 13.6. The van der Waals surface area contributed by atoms with Crippen molar-refractivity contribution < 1.29 is 4.39 Å². The van der Waals surface area contributed by atoms with Crippen molar-refractivity contribution in [2.75, 3.05) is 0 Å². The number of fused-ring (bicyclic) bond motifs is 1. The standard InChI is InChI=1S/C10H11FN2/c1-5-4-8-9(11)6(2)7(3)13-10(8)12-5/h4H,1-3H3,(H,12,13). The second-order valence-electron chi connectivity index (χ2n) is 3.35. The van der Waals surface area contributed by atoms with Crippen LogP contribution in [0.3, 0.4) is 0 Å². The van der Waals surface area contributed by atoms with Crippen LogP contribution in [0, 0.1) is 26.6 Å². The van der Waals surface area contributed by atoms with Crippen LogP contribution in [-0.2, 0) is 0 Å². The number of nitrogens with zero attached hydrogens (tertiary/aromatic N) is 1. The van der Waals surface area contributed by atoms with Crippen LogP contribution in [-0.4, -0.2) is 9.97 Å². The van der Waals surface area contributed by atoms with Crippen molar-refractivity contribution in [2.45, 2.75) is 20.8 Å². The average molecular weight is 178 g/mol. The number of hydrogen-bond donors (Lipinski definition) is 1. The molecular formula is C10H11FN2. The van der Waals surface area contributed by atoms with Crippen LogP contribution >= 0.6 is 0 Å². The molecule has 68 valence electrons. The van der Waals surface area contributed by atoms with E-state index in [2.05, 4.69) is 9.97 Å². The van der Waals surface area contributed by atoms with Crippen molar-refractivity contribution in [3.8, 4) is 0 Å². The SMILES string of the molecule is Cc1cc2c(F)c(C)c(C)nc2[nH]1. The number of rotatable bonds is 0. The van der Waals surface area contributed by atoms with Gasteiger partial charge in [-0.15, -0.1) is 0 Å². The molecule has 0 unspecified atom stereocenters. The first-order valence-corrected chi connectivity index (χ1v) is 4.21. The molecule has 2 aromatic heterocycles. The summed E-state index contributed by atoms with van der Waals surface area (Å²) in [5.41, 5.74) is 2.95. The summed E-state index contributed by atoms with van der Waals surface area (Å²) in [4.78, 5) is 7.28. The number of aromatic nitrogens is 2. The van der Waals surface area contributed by atoms with E-state index < -0.39 is 0 Å². The number of nitrogens with one attached hydrogen (secondary N) is 1. The molecule has 0 aliphatic heterocycles. The summed E-state index contributed by atoms with van der Waals surface area (Å²) >= 11 is 0. The zero-order valence-corrected chi connectivity index (χ0v) is 7.90. The van der Waals surface area contributed by atoms with Gasteiger partial charge in [-0.3, -0.25) is 0 Å². The molecule has 0 bridgehead atoms. The highest BCUT2D eigenvalue weighted by Gasteiger charge is 2.10. The van der Waals surface area contributed by atoms with Gasteiger partial charge < -0.3 is 4.98 Å². The molecule has 2 heterocycles. The van der Waals surface area contributed by atoms with Crippen molar-refractivity contribution in [3.05, 3.63) is 28.8 Å². The highest BCUT2D eigenvalue weighted by atomic mass is 19.1. The van der Waals surface area contributed by atoms with Gasteiger partial charge in [-0.25, -0.2) is 9.37 Å². The van der Waals surface area contributed by atoms with E-state index >= 15 is 0 Å². The van der Waals surface area contributed by atoms with Gasteiger partial charge in [-0.1, -0.05) is 0 Å². The lowest BCUT2D eigenvalue weighted by Gasteiger charge is -2.00. The summed E-state index contributed by atoms with van der Waals surface area (Å²) in [5, 5.41) is 0.584. The van der Waals surface area contributed by atoms with Crippen molar-refractivity contribution in [2.24, 2.45) is 0 Å². The lowest BCUT2D eigenvalue weighted by Crippen LogP contribution is -1.92. The second-order valence-corrected chi connectivity index (χ2v) is 3.35. The normalized spacial score (nSPS) is 11.1. The lowest BCUT2D eigenvalue weighted by atomic mass is 10.2. The fourth-order valence-corrected chi connectivity index (χ4v) is 1.44. The Morgan fingerprint density at radius 2 is 2.00 bits per heavy atom. The first-order valence-electron chi connectivity index (χ1n) is 4.21. The van der Waals surface area contributed by atoms with Crippen LogP contribution in [0.2, 0.25) is 0 Å². The second kappa shape index (κ2) is 2.55. The van der Waals surface area contributed by atoms with Gasteiger partial charge in [-0.05, 0) is 26.8 Å². The maximum atomic E-state index is 13.6. The third kappa shape index (κ3) is 1.11. The lowest BCUT2D eigenvalue weighted by molar-refractivity contribution is 0.627. The molecule has 0 fully saturated rings. The molecule has 13 heavy (non-hydrogen) atoms. The number of H-pyrrole nitrogens is 1. The van der Waals surface area contributed by atoms with Crippen molar-refractivity contribution >= 4 is 11.0 Å². The van der Waals surface area contributed by atoms with E-state index in [1.54, 1.807) is 13.0 Å². The van der Waals surface area contributed by atoms with Gasteiger partial charge in [0, 0.05) is 17.0 Å². The van der Waals surface area contributed by atoms with Gasteiger partial charge in [0.15, 0.2) is 0 Å². The first kappa shape index (κ1) is 8.23. The van der Waals surface area contributed by atoms with Crippen LogP contribution in [0.15, 0.2) is 6.07 Å². The van der Waals surface area contributed by atoms with E-state index in [-0.39, 0.29) is 5.82 Å². The fourth-order valence-electron chi connectivity index (χ4n) is 1.44. The minimum Gasteiger partial charge on any atom is -0.343 e. The Hall–Kier alpha value is -1.38. The molecule has 2 nitrogen and oxygen atoms in total. The Labute approximate surface area is 75.8 Å². The summed E-state index contributed by atoms with van der Waals surface area (Å²) in [5.74, 6) is -0.160. The monoisotopic (exact) mass is 178 g/mol. The molecule has 0 aliphatic carbocycles. The quantitative estimate of drug-likeness (QED) is 0.660. The zero-order chi connectivity index (χ0) is 9.59. The predicted octanol–water partition coefficient (Wildman–Crippen LogP) is 2.63. The molecule has 1 N–H and O–H groups in total. The van der Waals surface area contributed by atoms with E-state index in [1.807, 2.05) is 13.8 Å². The summed E-state index contributed by atoms with van der Waals surface area (Å²) < 4.78 is 13.6. The molecule has 0 saturated heterocycles. The number of hydrogen-bond acceptors (Lipinski definition) is 1. The molecule has 0 atom stereocenters. The summed E-state index contributed by atoms with van der Waals surface area (Å²) in [7, 11) is 0. The Kier molecular flexibility index (Phi) is 1.62. The van der Waals surface area contributed by atoms with E-state index in [4.69, 9.17) is 0 Å². The highest BCUT2D eigenvalue weighted by molar-refractivity contribution is 5.78. The molecule has 2 rings (SSSR count). The maximum Gasteiger partial charge on any atom is 0.140 e. The van der Waals surface area contributed by atoms with Gasteiger partial charge in [0.2, 0.25) is 0 Å². The van der Waals surface area contributed by atoms with Crippen LogP contribution in [0.25, 0.3) is 11.0 Å². The fraction of sp³-hybridized carbons (Fsp3) is 0.300. The molecular weight excluding hydrogens is 167 g/mol. The molecule has 2 aromatic rings. The smallest absolute Gasteiger partial charge is 0.140 e. The van der Waals surface area contributed by atoms with Crippen molar-refractivity contribution in [1.29, 1.82) is 0 Å². The minimum atomic E-state index is -0.160. The number of aromatic amines is 1. The van der Waals surface area contributed by atoms with Crippen LogP contribution in [0.4, 0.5) is 4.39 Å². The molecule has 0 aromatic carbocycles. The summed E-state index contributed by atoms with van der Waals surface area (Å²) in [6.45, 7) is 5.46. The molecule has 0 aliphatic rings. The third-order valence-corrected chi connectivity index (χ3v) is 2.32. The topological polar surface area (TPSA) is 28.7 Å². The van der Waals surface area contributed by atoms with Gasteiger partial charge in [0.1, 0.15) is 11.5 Å². The van der Waals surface area contributed by atoms with Crippen molar-refractivity contribution in [1.82, 2.24) is 9.97 Å². The summed E-state index contributed by atoms with van der Waals surface area (Å²) in [6.07, 6.45) is 0. The highest BCUT2D eigenvalue weighted by Crippen LogP contribution is 2.21. The molecule has 0 saturated carbocycles. The first-order chi connectivity index (χ1) is 6.09. The van der Waals surface area contributed by atoms with E-state index in [0.29, 0.717) is 16.6 Å². The Bertz CT molecular complexity index is 471. The molecule has 0 spiro atoms. The number of aryl methyl sites for hydroxylation is 2. The Morgan fingerprint density at radius 3 is 2.69 bits per heavy atom. The third-order valence-electron chi connectivity index (χ3n) is 2.32. The zero-order valence-electron chi connectivity index (χ0n) is 7.90. The van der Waals surface area contributed by atoms with E-state index in [1.165, 1.54) is 0 Å². The molecule has 3 heteroatoms. The van der Waals surface area contributed by atoms with Crippen LogP contribution < -0.4 is 0 Å². The summed E-state index contributed by atoms with van der Waals surface area (Å²) in [6, 6.07) is 1.78. The Balaban J connectivity index is 2.92. The molecule has 0 radical (unpaired) electrons. The van der Waals surface area contributed by atoms with Gasteiger partial charge in [0.05, 0.1) is 5.39 Å². The van der Waals surface area contributed by atoms with Gasteiger partial charge >= 0.3 is 0 Å². The van der Waals surface area contributed by atoms with Gasteiger partial charge in [-0.2, -0.15) is 0 Å². The van der Waals surface area contributed by atoms with E-state index in [9.17, 15) is 4.39 Å². The van der Waals surface area contributed by atoms with Gasteiger partial charge in [0.25, 0.3) is 0 Å². The van der Waals surface area contributed by atoms with Crippen LogP contribution in [0.5, 0.6) is 0 Å². The predicted molar refractivity (Wildman–Crippen MR) is 50.3 cm³/mol.